The van der Waals surface area contributed by atoms with Gasteiger partial charge in [-0.15, -0.1) is 0 Å². The van der Waals surface area contributed by atoms with Crippen LogP contribution >= 0.6 is 0 Å². The second-order valence-corrected chi connectivity index (χ2v) is 7.69. The van der Waals surface area contributed by atoms with E-state index >= 15 is 0 Å². The van der Waals surface area contributed by atoms with Crippen molar-refractivity contribution in [2.24, 2.45) is 28.9 Å². The van der Waals surface area contributed by atoms with E-state index in [1.165, 1.54) is 44.1 Å². The van der Waals surface area contributed by atoms with Gasteiger partial charge in [0.25, 0.3) is 0 Å². The molecule has 1 aromatic heterocycles. The van der Waals surface area contributed by atoms with Gasteiger partial charge in [-0.3, -0.25) is 4.98 Å². The van der Waals surface area contributed by atoms with Gasteiger partial charge in [-0.05, 0) is 98.3 Å². The van der Waals surface area contributed by atoms with Gasteiger partial charge in [0, 0.05) is 12.4 Å². The van der Waals surface area contributed by atoms with Crippen molar-refractivity contribution < 1.29 is 0 Å². The first-order chi connectivity index (χ1) is 9.79. The molecule has 4 aliphatic rings. The van der Waals surface area contributed by atoms with E-state index < -0.39 is 0 Å². The molecule has 4 saturated carbocycles. The number of hydrogen-bond donors (Lipinski definition) is 1. The van der Waals surface area contributed by atoms with Gasteiger partial charge < -0.3 is 5.73 Å². The predicted octanol–water partition coefficient (Wildman–Crippen LogP) is 3.73. The molecule has 1 heterocycles. The molecule has 4 fully saturated rings. The Bertz CT molecular complexity index is 432. The highest BCUT2D eigenvalue weighted by molar-refractivity contribution is 5.22. The summed E-state index contributed by atoms with van der Waals surface area (Å²) < 4.78 is 0. The molecule has 0 saturated heterocycles. The molecule has 0 radical (unpaired) electrons. The topological polar surface area (TPSA) is 38.9 Å². The van der Waals surface area contributed by atoms with E-state index in [1.807, 2.05) is 12.4 Å². The maximum Gasteiger partial charge on any atom is 0.0270 e. The Balaban J connectivity index is 1.69. The van der Waals surface area contributed by atoms with Gasteiger partial charge in [-0.2, -0.15) is 0 Å². The summed E-state index contributed by atoms with van der Waals surface area (Å²) in [6.07, 6.45) is 14.0. The highest BCUT2D eigenvalue weighted by atomic mass is 14.6. The van der Waals surface area contributed by atoms with E-state index in [4.69, 9.17) is 5.73 Å². The zero-order chi connectivity index (χ0) is 13.6. The fourth-order valence-electron chi connectivity index (χ4n) is 6.19. The Hall–Kier alpha value is -0.890. The van der Waals surface area contributed by atoms with Crippen LogP contribution in [0.3, 0.4) is 0 Å². The van der Waals surface area contributed by atoms with Crippen molar-refractivity contribution in [3.63, 3.8) is 0 Å². The fourth-order valence-corrected chi connectivity index (χ4v) is 6.19. The molecular formula is C18H26N2. The Morgan fingerprint density at radius 2 is 1.60 bits per heavy atom. The second-order valence-electron chi connectivity index (χ2n) is 7.69. The molecule has 1 aromatic rings. The Labute approximate surface area is 122 Å². The highest BCUT2D eigenvalue weighted by Gasteiger charge is 2.53. The Morgan fingerprint density at radius 1 is 1.05 bits per heavy atom. The summed E-state index contributed by atoms with van der Waals surface area (Å²) in [5.74, 6) is 3.72. The van der Waals surface area contributed by atoms with Gasteiger partial charge in [0.05, 0.1) is 0 Å². The first-order valence-corrected chi connectivity index (χ1v) is 8.39. The van der Waals surface area contributed by atoms with Crippen LogP contribution in [0.15, 0.2) is 24.5 Å². The lowest BCUT2D eigenvalue weighted by Gasteiger charge is -2.59. The van der Waals surface area contributed by atoms with Crippen LogP contribution < -0.4 is 5.73 Å². The lowest BCUT2D eigenvalue weighted by molar-refractivity contribution is -0.0697. The molecule has 5 rings (SSSR count). The fraction of sp³-hybridized carbons (Fsp3) is 0.722. The van der Waals surface area contributed by atoms with Crippen molar-refractivity contribution in [2.45, 2.75) is 50.9 Å². The lowest BCUT2D eigenvalue weighted by atomic mass is 9.45. The first kappa shape index (κ1) is 12.8. The predicted molar refractivity (Wildman–Crippen MR) is 81.3 cm³/mol. The average molecular weight is 270 g/mol. The van der Waals surface area contributed by atoms with Crippen LogP contribution in [0.1, 0.15) is 56.4 Å². The molecule has 0 spiro atoms. The molecule has 0 aromatic carbocycles. The van der Waals surface area contributed by atoms with Crippen molar-refractivity contribution in [3.8, 4) is 0 Å². The van der Waals surface area contributed by atoms with E-state index in [2.05, 4.69) is 17.1 Å². The summed E-state index contributed by atoms with van der Waals surface area (Å²) >= 11 is 0. The zero-order valence-corrected chi connectivity index (χ0v) is 12.3. The SMILES string of the molecule is NCCC(c1ccncc1)C12CC3CC(CC(C3)C1)C2. The van der Waals surface area contributed by atoms with Gasteiger partial charge >= 0.3 is 0 Å². The lowest BCUT2D eigenvalue weighted by Crippen LogP contribution is -2.49. The quantitative estimate of drug-likeness (QED) is 0.905. The maximum atomic E-state index is 5.97. The Morgan fingerprint density at radius 3 is 2.10 bits per heavy atom. The van der Waals surface area contributed by atoms with Crippen molar-refractivity contribution >= 4 is 0 Å². The van der Waals surface area contributed by atoms with Crippen molar-refractivity contribution in [2.75, 3.05) is 6.54 Å². The normalized spacial score (nSPS) is 40.0. The minimum Gasteiger partial charge on any atom is -0.330 e. The first-order valence-electron chi connectivity index (χ1n) is 8.39. The monoisotopic (exact) mass is 270 g/mol. The molecule has 108 valence electrons. The minimum absolute atomic E-state index is 0.565. The van der Waals surface area contributed by atoms with E-state index in [0.29, 0.717) is 11.3 Å². The molecule has 4 aliphatic carbocycles. The summed E-state index contributed by atoms with van der Waals surface area (Å²) in [5.41, 5.74) is 8.03. The molecule has 0 aliphatic heterocycles. The smallest absolute Gasteiger partial charge is 0.0270 e. The number of aromatic nitrogens is 1. The van der Waals surface area contributed by atoms with Gasteiger partial charge in [-0.1, -0.05) is 0 Å². The molecule has 20 heavy (non-hydrogen) atoms. The molecule has 2 N–H and O–H groups in total. The van der Waals surface area contributed by atoms with Gasteiger partial charge in [0.15, 0.2) is 0 Å². The maximum absolute atomic E-state index is 5.97. The van der Waals surface area contributed by atoms with Crippen LogP contribution in [0.25, 0.3) is 0 Å². The largest absolute Gasteiger partial charge is 0.330 e. The molecule has 2 heteroatoms. The van der Waals surface area contributed by atoms with Crippen LogP contribution in [-0.2, 0) is 0 Å². The highest BCUT2D eigenvalue weighted by Crippen LogP contribution is 2.65. The number of pyridine rings is 1. The summed E-state index contributed by atoms with van der Waals surface area (Å²) in [6.45, 7) is 0.814. The van der Waals surface area contributed by atoms with Gasteiger partial charge in [-0.25, -0.2) is 0 Å². The molecule has 4 bridgehead atoms. The third kappa shape index (κ3) is 2.00. The Kier molecular flexibility index (Phi) is 3.10. The van der Waals surface area contributed by atoms with Crippen LogP contribution in [0.4, 0.5) is 0 Å². The molecule has 1 atom stereocenters. The number of nitrogens with zero attached hydrogens (tertiary/aromatic N) is 1. The second kappa shape index (κ2) is 4.84. The van der Waals surface area contributed by atoms with Crippen LogP contribution in [-0.4, -0.2) is 11.5 Å². The third-order valence-electron chi connectivity index (χ3n) is 6.39. The van der Waals surface area contributed by atoms with Crippen molar-refractivity contribution in [1.29, 1.82) is 0 Å². The summed E-state index contributed by atoms with van der Waals surface area (Å²) in [4.78, 5) is 4.20. The minimum atomic E-state index is 0.565. The van der Waals surface area contributed by atoms with E-state index in [-0.39, 0.29) is 0 Å². The molecule has 2 nitrogen and oxygen atoms in total. The van der Waals surface area contributed by atoms with Crippen molar-refractivity contribution in [3.05, 3.63) is 30.1 Å². The van der Waals surface area contributed by atoms with Gasteiger partial charge in [0.2, 0.25) is 0 Å². The van der Waals surface area contributed by atoms with E-state index in [9.17, 15) is 0 Å². The van der Waals surface area contributed by atoms with Crippen LogP contribution in [0.2, 0.25) is 0 Å². The van der Waals surface area contributed by atoms with E-state index in [0.717, 1.165) is 30.7 Å². The average Bonchev–Trinajstić information content (AvgIpc) is 2.44. The molecule has 1 unspecified atom stereocenters. The summed E-state index contributed by atoms with van der Waals surface area (Å²) in [7, 11) is 0. The van der Waals surface area contributed by atoms with Crippen LogP contribution in [0, 0.1) is 23.2 Å². The molecular weight excluding hydrogens is 244 g/mol. The van der Waals surface area contributed by atoms with Crippen LogP contribution in [0.5, 0.6) is 0 Å². The number of hydrogen-bond acceptors (Lipinski definition) is 2. The van der Waals surface area contributed by atoms with E-state index in [1.54, 1.807) is 0 Å². The van der Waals surface area contributed by atoms with Crippen molar-refractivity contribution in [1.82, 2.24) is 4.98 Å². The third-order valence-corrected chi connectivity index (χ3v) is 6.39. The summed E-state index contributed by atoms with van der Waals surface area (Å²) in [5, 5.41) is 0. The summed E-state index contributed by atoms with van der Waals surface area (Å²) in [6, 6.07) is 4.47. The zero-order valence-electron chi connectivity index (χ0n) is 12.3. The number of nitrogens with two attached hydrogens (primary N) is 1. The van der Waals surface area contributed by atoms with Gasteiger partial charge in [0.1, 0.15) is 0 Å². The molecule has 0 amide bonds. The number of rotatable bonds is 4. The standard InChI is InChI=1S/C18H26N2/c19-4-1-17(16-2-5-20-6-3-16)18-10-13-7-14(11-18)9-15(8-13)12-18/h2-3,5-6,13-15,17H,1,4,7-12,19H2.